The first-order chi connectivity index (χ1) is 8.18. The Morgan fingerprint density at radius 2 is 2.06 bits per heavy atom. The fraction of sp³-hybridized carbons (Fsp3) is 0.500. The van der Waals surface area contributed by atoms with Gasteiger partial charge in [-0.15, -0.1) is 0 Å². The summed E-state index contributed by atoms with van der Waals surface area (Å²) >= 11 is 0. The Morgan fingerprint density at radius 1 is 1.29 bits per heavy atom. The van der Waals surface area contributed by atoms with E-state index >= 15 is 0 Å². The van der Waals surface area contributed by atoms with Crippen molar-refractivity contribution in [2.24, 2.45) is 7.05 Å². The Labute approximate surface area is 100 Å². The molecule has 2 aromatic heterocycles. The third kappa shape index (κ3) is 1.45. The van der Waals surface area contributed by atoms with Crippen LogP contribution in [0.15, 0.2) is 6.33 Å². The molecule has 1 aliphatic carbocycles. The van der Waals surface area contributed by atoms with E-state index in [1.165, 1.54) is 24.2 Å². The van der Waals surface area contributed by atoms with E-state index in [1.54, 1.807) is 0 Å². The van der Waals surface area contributed by atoms with E-state index < -0.39 is 0 Å². The Balaban J connectivity index is 2.18. The van der Waals surface area contributed by atoms with Crippen LogP contribution < -0.4 is 5.73 Å². The molecule has 0 amide bonds. The summed E-state index contributed by atoms with van der Waals surface area (Å²) in [5, 5.41) is 4.36. The van der Waals surface area contributed by atoms with Crippen molar-refractivity contribution in [1.82, 2.24) is 19.3 Å². The van der Waals surface area contributed by atoms with Gasteiger partial charge in [-0.05, 0) is 32.6 Å². The van der Waals surface area contributed by atoms with Crippen molar-refractivity contribution in [3.8, 4) is 5.82 Å². The van der Waals surface area contributed by atoms with Crippen molar-refractivity contribution >= 4 is 5.69 Å². The van der Waals surface area contributed by atoms with Gasteiger partial charge in [0.1, 0.15) is 6.33 Å². The molecule has 2 heterocycles. The minimum atomic E-state index is 0.748. The van der Waals surface area contributed by atoms with E-state index in [0.29, 0.717) is 0 Å². The fourth-order valence-electron chi connectivity index (χ4n) is 2.60. The number of anilines is 1. The summed E-state index contributed by atoms with van der Waals surface area (Å²) in [6.07, 6.45) is 6.51. The molecule has 5 heteroatoms. The smallest absolute Gasteiger partial charge is 0.160 e. The maximum absolute atomic E-state index is 6.10. The predicted octanol–water partition coefficient (Wildman–Crippen LogP) is 1.38. The zero-order valence-corrected chi connectivity index (χ0v) is 10.3. The van der Waals surface area contributed by atoms with Gasteiger partial charge < -0.3 is 5.73 Å². The van der Waals surface area contributed by atoms with Crippen LogP contribution in [-0.2, 0) is 19.9 Å². The van der Waals surface area contributed by atoms with E-state index in [9.17, 15) is 0 Å². The molecule has 17 heavy (non-hydrogen) atoms. The monoisotopic (exact) mass is 231 g/mol. The number of nitrogens with zero attached hydrogens (tertiary/aromatic N) is 4. The number of rotatable bonds is 1. The molecule has 0 bridgehead atoms. The zero-order chi connectivity index (χ0) is 12.0. The van der Waals surface area contributed by atoms with Crippen molar-refractivity contribution in [2.45, 2.75) is 32.6 Å². The van der Waals surface area contributed by atoms with Gasteiger partial charge >= 0.3 is 0 Å². The van der Waals surface area contributed by atoms with Gasteiger partial charge in [-0.25, -0.2) is 9.67 Å². The topological polar surface area (TPSA) is 61.7 Å². The van der Waals surface area contributed by atoms with E-state index in [0.717, 1.165) is 30.0 Å². The quantitative estimate of drug-likeness (QED) is 0.806. The summed E-state index contributed by atoms with van der Waals surface area (Å²) in [4.78, 5) is 4.49. The summed E-state index contributed by atoms with van der Waals surface area (Å²) in [6.45, 7) is 1.93. The average Bonchev–Trinajstić information content (AvgIpc) is 2.82. The van der Waals surface area contributed by atoms with Crippen LogP contribution in [0.3, 0.4) is 0 Å². The molecule has 0 radical (unpaired) electrons. The van der Waals surface area contributed by atoms with Crippen LogP contribution in [0.1, 0.15) is 29.9 Å². The van der Waals surface area contributed by atoms with Crippen LogP contribution in [0.2, 0.25) is 0 Å². The SMILES string of the molecule is Cc1nn(C)c(-n2cnc3c2CCCC3)c1N. The Kier molecular flexibility index (Phi) is 2.21. The van der Waals surface area contributed by atoms with Gasteiger partial charge in [0.25, 0.3) is 0 Å². The molecule has 1 aliphatic rings. The van der Waals surface area contributed by atoms with Gasteiger partial charge in [-0.1, -0.05) is 0 Å². The highest BCUT2D eigenvalue weighted by atomic mass is 15.3. The summed E-state index contributed by atoms with van der Waals surface area (Å²) in [5.74, 6) is 0.943. The number of fused-ring (bicyclic) bond motifs is 1. The molecule has 0 saturated heterocycles. The summed E-state index contributed by atoms with van der Waals surface area (Å²) in [7, 11) is 1.92. The molecule has 90 valence electrons. The van der Waals surface area contributed by atoms with E-state index in [-0.39, 0.29) is 0 Å². The normalized spacial score (nSPS) is 14.9. The molecular weight excluding hydrogens is 214 g/mol. The zero-order valence-electron chi connectivity index (χ0n) is 10.3. The maximum Gasteiger partial charge on any atom is 0.160 e. The van der Waals surface area contributed by atoms with Crippen molar-refractivity contribution in [2.75, 3.05) is 5.73 Å². The molecule has 3 rings (SSSR count). The molecule has 0 unspecified atom stereocenters. The molecule has 5 nitrogen and oxygen atoms in total. The third-order valence-corrected chi connectivity index (χ3v) is 3.50. The molecule has 2 aromatic rings. The lowest BCUT2D eigenvalue weighted by molar-refractivity contribution is 0.643. The first kappa shape index (κ1) is 10.4. The number of aryl methyl sites for hydroxylation is 3. The van der Waals surface area contributed by atoms with Crippen molar-refractivity contribution in [1.29, 1.82) is 0 Å². The number of hydrogen-bond donors (Lipinski definition) is 1. The van der Waals surface area contributed by atoms with Gasteiger partial charge in [0, 0.05) is 12.7 Å². The highest BCUT2D eigenvalue weighted by Gasteiger charge is 2.20. The van der Waals surface area contributed by atoms with Crippen LogP contribution in [0.4, 0.5) is 5.69 Å². The van der Waals surface area contributed by atoms with Crippen molar-refractivity contribution < 1.29 is 0 Å². The Morgan fingerprint density at radius 3 is 2.76 bits per heavy atom. The molecule has 0 atom stereocenters. The van der Waals surface area contributed by atoms with Crippen LogP contribution in [0.25, 0.3) is 5.82 Å². The second-order valence-corrected chi connectivity index (χ2v) is 4.66. The molecular formula is C12H17N5. The summed E-state index contributed by atoms with van der Waals surface area (Å²) in [5.41, 5.74) is 10.2. The predicted molar refractivity (Wildman–Crippen MR) is 66.1 cm³/mol. The minimum Gasteiger partial charge on any atom is -0.394 e. The Hall–Kier alpha value is -1.78. The minimum absolute atomic E-state index is 0.748. The van der Waals surface area contributed by atoms with Crippen LogP contribution >= 0.6 is 0 Å². The largest absolute Gasteiger partial charge is 0.394 e. The van der Waals surface area contributed by atoms with Crippen LogP contribution in [-0.4, -0.2) is 19.3 Å². The standard InChI is InChI=1S/C12H17N5/c1-8-11(13)12(16(2)15-8)17-7-14-9-5-3-4-6-10(9)17/h7H,3-6,13H2,1-2H3. The number of aromatic nitrogens is 4. The highest BCUT2D eigenvalue weighted by molar-refractivity contribution is 5.58. The summed E-state index contributed by atoms with van der Waals surface area (Å²) < 4.78 is 3.94. The molecule has 2 N–H and O–H groups in total. The fourth-order valence-corrected chi connectivity index (χ4v) is 2.60. The second-order valence-electron chi connectivity index (χ2n) is 4.66. The molecule has 0 saturated carbocycles. The molecule has 0 aliphatic heterocycles. The van der Waals surface area contributed by atoms with Crippen LogP contribution in [0.5, 0.6) is 0 Å². The molecule has 0 spiro atoms. The van der Waals surface area contributed by atoms with E-state index in [4.69, 9.17) is 5.73 Å². The first-order valence-corrected chi connectivity index (χ1v) is 6.03. The number of imidazole rings is 1. The first-order valence-electron chi connectivity index (χ1n) is 6.03. The second kappa shape index (κ2) is 3.61. The number of nitrogens with two attached hydrogens (primary N) is 1. The van der Waals surface area contributed by atoms with Crippen molar-refractivity contribution in [3.63, 3.8) is 0 Å². The highest BCUT2D eigenvalue weighted by Crippen LogP contribution is 2.26. The van der Waals surface area contributed by atoms with E-state index in [2.05, 4.69) is 14.6 Å². The van der Waals surface area contributed by atoms with Gasteiger partial charge in [-0.2, -0.15) is 5.10 Å². The molecule has 0 aromatic carbocycles. The van der Waals surface area contributed by atoms with Gasteiger partial charge in [-0.3, -0.25) is 4.57 Å². The maximum atomic E-state index is 6.10. The lowest BCUT2D eigenvalue weighted by Gasteiger charge is -2.14. The van der Waals surface area contributed by atoms with Gasteiger partial charge in [0.15, 0.2) is 5.82 Å². The summed E-state index contributed by atoms with van der Waals surface area (Å²) in [6, 6.07) is 0. The van der Waals surface area contributed by atoms with E-state index in [1.807, 2.05) is 25.0 Å². The number of nitrogen functional groups attached to an aromatic ring is 1. The number of hydrogen-bond acceptors (Lipinski definition) is 3. The third-order valence-electron chi connectivity index (χ3n) is 3.50. The van der Waals surface area contributed by atoms with Gasteiger partial charge in [0.2, 0.25) is 0 Å². The van der Waals surface area contributed by atoms with Gasteiger partial charge in [0.05, 0.1) is 17.1 Å². The average molecular weight is 231 g/mol. The van der Waals surface area contributed by atoms with Crippen LogP contribution in [0, 0.1) is 6.92 Å². The Bertz CT molecular complexity index is 564. The molecule has 0 fully saturated rings. The van der Waals surface area contributed by atoms with Crippen molar-refractivity contribution in [3.05, 3.63) is 23.4 Å². The lowest BCUT2D eigenvalue weighted by Crippen LogP contribution is -2.11. The lowest BCUT2D eigenvalue weighted by atomic mass is 10.0.